The molecule has 1 N–H and O–H groups in total. The molecular weight excluding hydrogens is 651 g/mol. The van der Waals surface area contributed by atoms with Crippen LogP contribution < -0.4 is 20.7 Å². The Bertz CT molecular complexity index is 1590. The molecular formula is C43H50NO4Si2. The smallest absolute Gasteiger partial charge is 0.408 e. The van der Waals surface area contributed by atoms with E-state index in [1.165, 1.54) is 4.90 Å². The Hall–Kier alpha value is -4.28. The van der Waals surface area contributed by atoms with Crippen molar-refractivity contribution in [3.8, 4) is 0 Å². The van der Waals surface area contributed by atoms with E-state index in [1.54, 1.807) is 6.54 Å². The first kappa shape index (κ1) is 37.0. The van der Waals surface area contributed by atoms with Crippen molar-refractivity contribution in [3.05, 3.63) is 164 Å². The number of hydrogen-bond acceptors (Lipinski definition) is 3. The molecule has 1 radical (unpaired) electrons. The largest absolute Gasteiger partial charge is 0.465 e. The van der Waals surface area contributed by atoms with Crippen molar-refractivity contribution in [2.75, 3.05) is 13.2 Å². The molecule has 0 fully saturated rings. The summed E-state index contributed by atoms with van der Waals surface area (Å²) in [5.41, 5.74) is 0.788. The SMILES string of the molecule is CC(C)(C)[Si](OCC(CO[Si](c1ccccc1)(c1ccccc1)C(C)(C)C)N([CH]c1ccccc1)C(=O)O)(c1ccccc1)c1ccccc1. The Kier molecular flexibility index (Phi) is 11.6. The molecule has 50 heavy (non-hydrogen) atoms. The minimum Gasteiger partial charge on any atom is -0.465 e. The van der Waals surface area contributed by atoms with Gasteiger partial charge in [0, 0.05) is 0 Å². The van der Waals surface area contributed by atoms with Crippen molar-refractivity contribution < 1.29 is 18.8 Å². The van der Waals surface area contributed by atoms with Gasteiger partial charge in [-0.2, -0.15) is 0 Å². The molecule has 0 saturated carbocycles. The van der Waals surface area contributed by atoms with E-state index in [0.29, 0.717) is 0 Å². The molecule has 5 rings (SSSR count). The molecule has 0 aliphatic rings. The van der Waals surface area contributed by atoms with Crippen molar-refractivity contribution in [2.45, 2.75) is 57.7 Å². The normalized spacial score (nSPS) is 12.5. The average Bonchev–Trinajstić information content (AvgIpc) is 3.11. The van der Waals surface area contributed by atoms with Gasteiger partial charge in [0.05, 0.1) is 25.8 Å². The van der Waals surface area contributed by atoms with Crippen LogP contribution in [-0.4, -0.2) is 52.0 Å². The monoisotopic (exact) mass is 700 g/mol. The molecule has 5 aromatic carbocycles. The van der Waals surface area contributed by atoms with Gasteiger partial charge in [0.1, 0.15) is 0 Å². The standard InChI is InChI=1S/C43H50NO4Si2/c1-42(2,3)49(37-24-14-8-15-25-37,38-26-16-9-17-27-38)47-33-36(44(41(45)46)32-35-22-12-7-13-23-35)34-48-50(43(4,5)6,39-28-18-10-19-29-39)40-30-20-11-21-31-40/h7-32,36H,33-34H2,1-6H3,(H,45,46). The van der Waals surface area contributed by atoms with Crippen LogP contribution in [0.2, 0.25) is 10.1 Å². The first-order valence-electron chi connectivity index (χ1n) is 17.3. The van der Waals surface area contributed by atoms with Crippen molar-refractivity contribution in [3.63, 3.8) is 0 Å². The van der Waals surface area contributed by atoms with Gasteiger partial charge in [-0.3, -0.25) is 4.90 Å². The van der Waals surface area contributed by atoms with Crippen LogP contribution in [-0.2, 0) is 8.85 Å². The second-order valence-electron chi connectivity index (χ2n) is 14.8. The predicted octanol–water partition coefficient (Wildman–Crippen LogP) is 7.70. The summed E-state index contributed by atoms with van der Waals surface area (Å²) in [7, 11) is -6.00. The van der Waals surface area contributed by atoms with E-state index >= 15 is 0 Å². The van der Waals surface area contributed by atoms with Gasteiger partial charge < -0.3 is 14.0 Å². The molecule has 0 aromatic heterocycles. The maximum absolute atomic E-state index is 13.3. The van der Waals surface area contributed by atoms with E-state index in [2.05, 4.69) is 139 Å². The van der Waals surface area contributed by atoms with E-state index in [0.717, 1.165) is 26.3 Å². The van der Waals surface area contributed by atoms with Crippen molar-refractivity contribution in [2.24, 2.45) is 0 Å². The molecule has 5 aromatic rings. The topological polar surface area (TPSA) is 59.0 Å². The molecule has 0 saturated heterocycles. The fraction of sp³-hybridized carbons (Fsp3) is 0.256. The second kappa shape index (κ2) is 15.7. The summed E-state index contributed by atoms with van der Waals surface area (Å²) in [4.78, 5) is 14.7. The average molecular weight is 701 g/mol. The highest BCUT2D eigenvalue weighted by atomic mass is 28.4. The molecule has 0 aliphatic heterocycles. The Morgan fingerprint density at radius 2 is 0.840 bits per heavy atom. The van der Waals surface area contributed by atoms with E-state index in [9.17, 15) is 9.90 Å². The Morgan fingerprint density at radius 3 is 1.10 bits per heavy atom. The van der Waals surface area contributed by atoms with Crippen LogP contribution in [0.4, 0.5) is 4.79 Å². The summed E-state index contributed by atoms with van der Waals surface area (Å²) in [5, 5.41) is 14.8. The Balaban J connectivity index is 1.64. The number of rotatable bonds is 13. The molecule has 0 aliphatic carbocycles. The molecule has 0 atom stereocenters. The fourth-order valence-electron chi connectivity index (χ4n) is 7.19. The number of hydrogen-bond donors (Lipinski definition) is 1. The first-order chi connectivity index (χ1) is 23.9. The molecule has 1 amide bonds. The van der Waals surface area contributed by atoms with Crippen LogP contribution in [0.25, 0.3) is 0 Å². The maximum Gasteiger partial charge on any atom is 0.408 e. The highest BCUT2D eigenvalue weighted by Gasteiger charge is 2.53. The molecule has 259 valence electrons. The summed E-state index contributed by atoms with van der Waals surface area (Å²) in [6.45, 7) is 15.4. The molecule has 0 spiro atoms. The minimum absolute atomic E-state index is 0.140. The van der Waals surface area contributed by atoms with Crippen molar-refractivity contribution in [1.29, 1.82) is 0 Å². The number of carbonyl (C=O) groups is 1. The zero-order valence-corrected chi connectivity index (χ0v) is 32.1. The molecule has 5 nitrogen and oxygen atoms in total. The summed E-state index contributed by atoms with van der Waals surface area (Å²) >= 11 is 0. The van der Waals surface area contributed by atoms with Crippen LogP contribution in [0, 0.1) is 6.54 Å². The third-order valence-corrected chi connectivity index (χ3v) is 19.5. The quantitative estimate of drug-likeness (QED) is 0.128. The van der Waals surface area contributed by atoms with Crippen molar-refractivity contribution in [1.82, 2.24) is 4.90 Å². The zero-order valence-electron chi connectivity index (χ0n) is 30.1. The van der Waals surface area contributed by atoms with Gasteiger partial charge in [-0.15, -0.1) is 0 Å². The van der Waals surface area contributed by atoms with Crippen LogP contribution in [0.5, 0.6) is 0 Å². The first-order valence-corrected chi connectivity index (χ1v) is 21.1. The number of nitrogens with zero attached hydrogens (tertiary/aromatic N) is 1. The third kappa shape index (κ3) is 7.71. The summed E-state index contributed by atoms with van der Waals surface area (Å²) in [5.74, 6) is 0. The predicted molar refractivity (Wildman–Crippen MR) is 211 cm³/mol. The third-order valence-electron chi connectivity index (χ3n) is 9.52. The second-order valence-corrected chi connectivity index (χ2v) is 23.4. The lowest BCUT2D eigenvalue weighted by Crippen LogP contribution is -2.69. The number of amides is 1. The van der Waals surface area contributed by atoms with E-state index in [-0.39, 0.29) is 23.3 Å². The summed E-state index contributed by atoms with van der Waals surface area (Å²) in [6, 6.07) is 50.8. The van der Waals surface area contributed by atoms with Crippen molar-refractivity contribution >= 4 is 43.5 Å². The highest BCUT2D eigenvalue weighted by Crippen LogP contribution is 2.39. The summed E-state index contributed by atoms with van der Waals surface area (Å²) in [6.07, 6.45) is -1.06. The van der Waals surface area contributed by atoms with Gasteiger partial charge >= 0.3 is 6.09 Å². The van der Waals surface area contributed by atoms with Gasteiger partial charge in [0.2, 0.25) is 0 Å². The van der Waals surface area contributed by atoms with Crippen LogP contribution in [0.1, 0.15) is 47.1 Å². The van der Waals surface area contributed by atoms with Crippen LogP contribution in [0.3, 0.4) is 0 Å². The maximum atomic E-state index is 13.3. The van der Waals surface area contributed by atoms with Gasteiger partial charge in [-0.1, -0.05) is 193 Å². The molecule has 7 heteroatoms. The highest BCUT2D eigenvalue weighted by molar-refractivity contribution is 7.00. The zero-order chi connectivity index (χ0) is 35.8. The van der Waals surface area contributed by atoms with Crippen LogP contribution >= 0.6 is 0 Å². The van der Waals surface area contributed by atoms with Gasteiger partial charge in [-0.05, 0) is 36.4 Å². The number of carboxylic acid groups (broad SMARTS) is 1. The molecule has 0 bridgehead atoms. The number of benzene rings is 5. The van der Waals surface area contributed by atoms with E-state index in [1.807, 2.05) is 54.6 Å². The summed E-state index contributed by atoms with van der Waals surface area (Å²) < 4.78 is 14.8. The Labute approximate surface area is 300 Å². The fourth-order valence-corrected chi connectivity index (χ4v) is 16.4. The van der Waals surface area contributed by atoms with Gasteiger partial charge in [0.15, 0.2) is 0 Å². The molecule has 0 heterocycles. The van der Waals surface area contributed by atoms with E-state index in [4.69, 9.17) is 8.85 Å². The lowest BCUT2D eigenvalue weighted by molar-refractivity contribution is 0.0918. The van der Waals surface area contributed by atoms with Gasteiger partial charge in [-0.25, -0.2) is 4.79 Å². The lowest BCUT2D eigenvalue weighted by atomic mass is 10.2. The Morgan fingerprint density at radius 1 is 0.560 bits per heavy atom. The van der Waals surface area contributed by atoms with Gasteiger partial charge in [0.25, 0.3) is 16.6 Å². The van der Waals surface area contributed by atoms with Crippen LogP contribution in [0.15, 0.2) is 152 Å². The lowest BCUT2D eigenvalue weighted by Gasteiger charge is -2.46. The van der Waals surface area contributed by atoms with E-state index < -0.39 is 28.8 Å². The minimum atomic E-state index is -3.00. The molecule has 0 unspecified atom stereocenters.